The molecule has 138 valence electrons. The Labute approximate surface area is 153 Å². The zero-order valence-electron chi connectivity index (χ0n) is 15.0. The molecule has 1 aromatic rings. The van der Waals surface area contributed by atoms with Crippen molar-refractivity contribution in [2.75, 3.05) is 13.7 Å². The monoisotopic (exact) mass is 356 g/mol. The first-order valence-corrected chi connectivity index (χ1v) is 8.84. The van der Waals surface area contributed by atoms with Crippen molar-refractivity contribution in [3.63, 3.8) is 0 Å². The predicted octanol–water partition coefficient (Wildman–Crippen LogP) is 2.98. The number of ether oxygens (including phenoxy) is 2. The molecule has 1 aliphatic carbocycles. The van der Waals surface area contributed by atoms with Crippen LogP contribution < -0.4 is 10.1 Å². The van der Waals surface area contributed by atoms with Crippen molar-refractivity contribution >= 4 is 18.0 Å². The average molecular weight is 356 g/mol. The maximum absolute atomic E-state index is 12.0. The lowest BCUT2D eigenvalue weighted by Gasteiger charge is -2.16. The number of nitrogens with one attached hydrogen (secondary N) is 1. The molecule has 0 atom stereocenters. The molecule has 0 bridgehead atoms. The number of methoxy groups -OCH3 is 1. The molecule has 26 heavy (non-hydrogen) atoms. The van der Waals surface area contributed by atoms with Crippen molar-refractivity contribution in [3.8, 4) is 11.8 Å². The highest BCUT2D eigenvalue weighted by Gasteiger charge is 2.17. The van der Waals surface area contributed by atoms with Gasteiger partial charge in [0.25, 0.3) is 5.91 Å². The maximum atomic E-state index is 12.0. The van der Waals surface area contributed by atoms with Gasteiger partial charge in [0.2, 0.25) is 0 Å². The Morgan fingerprint density at radius 1 is 1.19 bits per heavy atom. The summed E-state index contributed by atoms with van der Waals surface area (Å²) < 4.78 is 10.0. The molecule has 1 aliphatic rings. The fourth-order valence-corrected chi connectivity index (χ4v) is 2.91. The highest BCUT2D eigenvalue weighted by atomic mass is 16.5. The Balaban J connectivity index is 1.86. The van der Waals surface area contributed by atoms with Crippen LogP contribution in [-0.4, -0.2) is 31.6 Å². The van der Waals surface area contributed by atoms with E-state index in [4.69, 9.17) is 9.47 Å². The number of nitriles is 1. The summed E-state index contributed by atoms with van der Waals surface area (Å²) in [5.74, 6) is -0.454. The van der Waals surface area contributed by atoms with Crippen molar-refractivity contribution in [2.45, 2.75) is 44.6 Å². The van der Waals surface area contributed by atoms with Gasteiger partial charge in [0.15, 0.2) is 6.61 Å². The van der Waals surface area contributed by atoms with E-state index in [0.717, 1.165) is 25.7 Å². The zero-order chi connectivity index (χ0) is 18.8. The second kappa shape index (κ2) is 10.2. The number of benzene rings is 1. The Morgan fingerprint density at radius 2 is 1.85 bits per heavy atom. The van der Waals surface area contributed by atoms with Crippen LogP contribution in [0.1, 0.15) is 44.1 Å². The number of nitrogens with zero attached hydrogens (tertiary/aromatic N) is 1. The topological polar surface area (TPSA) is 88.4 Å². The van der Waals surface area contributed by atoms with Crippen molar-refractivity contribution < 1.29 is 19.1 Å². The first-order chi connectivity index (χ1) is 12.6. The summed E-state index contributed by atoms with van der Waals surface area (Å²) in [4.78, 5) is 24.0. The van der Waals surface area contributed by atoms with E-state index in [9.17, 15) is 14.9 Å². The number of hydrogen-bond donors (Lipinski definition) is 1. The molecule has 1 amide bonds. The SMILES string of the molecule is COc1ccc(/C=C(\C#N)C(=O)OCC(=O)NC2CCCCCC2)cc1. The van der Waals surface area contributed by atoms with E-state index in [1.165, 1.54) is 18.9 Å². The second-order valence-electron chi connectivity index (χ2n) is 6.28. The van der Waals surface area contributed by atoms with E-state index in [2.05, 4.69) is 5.32 Å². The molecule has 0 aliphatic heterocycles. The van der Waals surface area contributed by atoms with Gasteiger partial charge in [-0.3, -0.25) is 4.79 Å². The molecule has 2 rings (SSSR count). The van der Waals surface area contributed by atoms with Crippen LogP contribution >= 0.6 is 0 Å². The molecule has 0 aromatic heterocycles. The van der Waals surface area contributed by atoms with Crippen LogP contribution in [0.5, 0.6) is 5.75 Å². The summed E-state index contributed by atoms with van der Waals surface area (Å²) in [6.07, 6.45) is 7.94. The first-order valence-electron chi connectivity index (χ1n) is 8.84. The lowest BCUT2D eigenvalue weighted by atomic mass is 10.1. The van der Waals surface area contributed by atoms with Crippen molar-refractivity contribution in [1.82, 2.24) is 5.32 Å². The van der Waals surface area contributed by atoms with E-state index in [1.54, 1.807) is 31.4 Å². The molecule has 0 radical (unpaired) electrons. The van der Waals surface area contributed by atoms with Gasteiger partial charge < -0.3 is 14.8 Å². The molecule has 0 heterocycles. The third-order valence-electron chi connectivity index (χ3n) is 4.32. The normalized spacial score (nSPS) is 15.5. The first kappa shape index (κ1) is 19.5. The predicted molar refractivity (Wildman–Crippen MR) is 97.2 cm³/mol. The van der Waals surface area contributed by atoms with E-state index in [1.807, 2.05) is 6.07 Å². The minimum absolute atomic E-state index is 0.147. The maximum Gasteiger partial charge on any atom is 0.349 e. The number of amides is 1. The third-order valence-corrected chi connectivity index (χ3v) is 4.32. The summed E-state index contributed by atoms with van der Waals surface area (Å²) in [7, 11) is 1.56. The molecule has 0 spiro atoms. The van der Waals surface area contributed by atoms with E-state index >= 15 is 0 Å². The Hall–Kier alpha value is -2.81. The zero-order valence-corrected chi connectivity index (χ0v) is 15.0. The van der Waals surface area contributed by atoms with Crippen LogP contribution in [0.3, 0.4) is 0 Å². The molecule has 6 heteroatoms. The summed E-state index contributed by atoms with van der Waals surface area (Å²) in [6, 6.07) is 8.87. The quantitative estimate of drug-likeness (QED) is 0.366. The van der Waals surface area contributed by atoms with Gasteiger partial charge in [-0.2, -0.15) is 5.26 Å². The summed E-state index contributed by atoms with van der Waals surface area (Å²) in [6.45, 7) is -0.378. The largest absolute Gasteiger partial charge is 0.497 e. The van der Waals surface area contributed by atoms with Crippen LogP contribution in [0.2, 0.25) is 0 Å². The molecule has 1 fully saturated rings. The molecule has 1 aromatic carbocycles. The number of rotatable bonds is 6. The third kappa shape index (κ3) is 6.25. The Bertz CT molecular complexity index is 681. The molecular formula is C20H24N2O4. The molecule has 6 nitrogen and oxygen atoms in total. The van der Waals surface area contributed by atoms with Crippen LogP contribution in [-0.2, 0) is 14.3 Å². The minimum Gasteiger partial charge on any atom is -0.497 e. The van der Waals surface area contributed by atoms with Gasteiger partial charge in [0.1, 0.15) is 17.4 Å². The van der Waals surface area contributed by atoms with Crippen molar-refractivity contribution in [1.29, 1.82) is 5.26 Å². The van der Waals surface area contributed by atoms with Gasteiger partial charge in [-0.05, 0) is 36.6 Å². The average Bonchev–Trinajstić information content (AvgIpc) is 2.93. The molecular weight excluding hydrogens is 332 g/mol. The van der Waals surface area contributed by atoms with E-state index in [-0.39, 0.29) is 24.1 Å². The van der Waals surface area contributed by atoms with Crippen molar-refractivity contribution in [3.05, 3.63) is 35.4 Å². The molecule has 1 saturated carbocycles. The minimum atomic E-state index is -0.806. The second-order valence-corrected chi connectivity index (χ2v) is 6.28. The summed E-state index contributed by atoms with van der Waals surface area (Å²) >= 11 is 0. The number of carbonyl (C=O) groups excluding carboxylic acids is 2. The standard InChI is InChI=1S/C20H24N2O4/c1-25-18-10-8-15(9-11-18)12-16(13-21)20(24)26-14-19(23)22-17-6-4-2-3-5-7-17/h8-12,17H,2-7,14H2,1H3,(H,22,23)/b16-12+. The Kier molecular flexibility index (Phi) is 7.69. The molecule has 0 unspecified atom stereocenters. The van der Waals surface area contributed by atoms with Gasteiger partial charge in [-0.1, -0.05) is 37.8 Å². The van der Waals surface area contributed by atoms with Gasteiger partial charge in [-0.25, -0.2) is 4.79 Å². The van der Waals surface area contributed by atoms with Gasteiger partial charge in [-0.15, -0.1) is 0 Å². The van der Waals surface area contributed by atoms with Crippen molar-refractivity contribution in [2.24, 2.45) is 0 Å². The summed E-state index contributed by atoms with van der Waals surface area (Å²) in [5.41, 5.74) is 0.514. The number of hydrogen-bond acceptors (Lipinski definition) is 5. The fourth-order valence-electron chi connectivity index (χ4n) is 2.91. The summed E-state index contributed by atoms with van der Waals surface area (Å²) in [5, 5.41) is 12.1. The smallest absolute Gasteiger partial charge is 0.349 e. The Morgan fingerprint density at radius 3 is 2.42 bits per heavy atom. The fraction of sp³-hybridized carbons (Fsp3) is 0.450. The van der Waals surface area contributed by atoms with Gasteiger partial charge in [0, 0.05) is 6.04 Å². The van der Waals surface area contributed by atoms with Crippen LogP contribution in [0.4, 0.5) is 0 Å². The van der Waals surface area contributed by atoms with Crippen LogP contribution in [0.15, 0.2) is 29.8 Å². The lowest BCUT2D eigenvalue weighted by Crippen LogP contribution is -2.37. The van der Waals surface area contributed by atoms with Crippen LogP contribution in [0, 0.1) is 11.3 Å². The molecule has 0 saturated heterocycles. The van der Waals surface area contributed by atoms with E-state index < -0.39 is 5.97 Å². The number of esters is 1. The number of carbonyl (C=O) groups is 2. The highest BCUT2D eigenvalue weighted by Crippen LogP contribution is 2.17. The van der Waals surface area contributed by atoms with E-state index in [0.29, 0.717) is 11.3 Å². The van der Waals surface area contributed by atoms with Gasteiger partial charge >= 0.3 is 5.97 Å². The molecule has 1 N–H and O–H groups in total. The van der Waals surface area contributed by atoms with Crippen LogP contribution in [0.25, 0.3) is 6.08 Å². The van der Waals surface area contributed by atoms with Gasteiger partial charge in [0.05, 0.1) is 7.11 Å². The lowest BCUT2D eigenvalue weighted by molar-refractivity contribution is -0.144. The highest BCUT2D eigenvalue weighted by molar-refractivity contribution is 5.98.